The highest BCUT2D eigenvalue weighted by atomic mass is 127. The molecule has 2 aromatic heterocycles. The smallest absolute Gasteiger partial charge is 0.337 e. The van der Waals surface area contributed by atoms with Crippen LogP contribution in [0, 0.1) is 8.98 Å². The number of ether oxygens (including phenoxy) is 1. The van der Waals surface area contributed by atoms with E-state index in [-0.39, 0.29) is 11.7 Å². The second-order valence-corrected chi connectivity index (χ2v) is 7.73. The van der Waals surface area contributed by atoms with Crippen LogP contribution in [0.2, 0.25) is 0 Å². The highest BCUT2D eigenvalue weighted by Gasteiger charge is 2.33. The second-order valence-electron chi connectivity index (χ2n) is 6.57. The van der Waals surface area contributed by atoms with Crippen molar-refractivity contribution in [1.82, 2.24) is 8.97 Å². The lowest BCUT2D eigenvalue weighted by molar-refractivity contribution is -0.364. The molecule has 4 rings (SSSR count). The lowest BCUT2D eigenvalue weighted by Gasteiger charge is -2.34. The van der Waals surface area contributed by atoms with E-state index in [1.165, 1.54) is 6.34 Å². The van der Waals surface area contributed by atoms with Crippen molar-refractivity contribution in [3.8, 4) is 5.69 Å². The topological polar surface area (TPSA) is 91.8 Å². The Balaban J connectivity index is 1.83. The van der Waals surface area contributed by atoms with Gasteiger partial charge in [-0.25, -0.2) is 14.3 Å². The molecule has 28 heavy (non-hydrogen) atoms. The second kappa shape index (κ2) is 7.40. The van der Waals surface area contributed by atoms with E-state index in [1.807, 2.05) is 47.5 Å². The first-order valence-electron chi connectivity index (χ1n) is 8.72. The normalized spacial score (nSPS) is 15.2. The summed E-state index contributed by atoms with van der Waals surface area (Å²) in [6, 6.07) is 11.6. The zero-order chi connectivity index (χ0) is 19.8. The summed E-state index contributed by atoms with van der Waals surface area (Å²) in [7, 11) is 1.73. The summed E-state index contributed by atoms with van der Waals surface area (Å²) in [6.07, 6.45) is 4.78. The van der Waals surface area contributed by atoms with E-state index < -0.39 is 0 Å². The maximum Gasteiger partial charge on any atom is 0.337 e. The Labute approximate surface area is 175 Å². The minimum Gasteiger partial charge on any atom is -0.375 e. The van der Waals surface area contributed by atoms with Gasteiger partial charge in [0.1, 0.15) is 6.04 Å². The third-order valence-electron chi connectivity index (χ3n) is 4.82. The van der Waals surface area contributed by atoms with Crippen molar-refractivity contribution in [2.45, 2.75) is 6.04 Å². The van der Waals surface area contributed by atoms with E-state index >= 15 is 0 Å². The molecule has 3 aromatic rings. The number of pyridine rings is 1. The number of halogens is 1. The van der Waals surface area contributed by atoms with Crippen LogP contribution in [0.15, 0.2) is 53.6 Å². The monoisotopic (exact) mass is 491 g/mol. The molecule has 1 fully saturated rings. The molecule has 9 heteroatoms. The molecule has 3 N–H and O–H groups in total. The largest absolute Gasteiger partial charge is 0.375 e. The van der Waals surface area contributed by atoms with Gasteiger partial charge in [-0.05, 0) is 52.9 Å². The number of guanidine groups is 1. The molecule has 8 nitrogen and oxygen atoms in total. The third-order valence-corrected chi connectivity index (χ3v) is 5.73. The Morgan fingerprint density at radius 3 is 2.82 bits per heavy atom. The average Bonchev–Trinajstić information content (AvgIpc) is 3.01. The third kappa shape index (κ3) is 3.10. The fourth-order valence-corrected chi connectivity index (χ4v) is 3.80. The van der Waals surface area contributed by atoms with E-state index in [9.17, 15) is 4.79 Å². The Hall–Kier alpha value is -2.66. The van der Waals surface area contributed by atoms with Gasteiger partial charge in [0.25, 0.3) is 0 Å². The fourth-order valence-electron chi connectivity index (χ4n) is 3.19. The summed E-state index contributed by atoms with van der Waals surface area (Å²) in [4.78, 5) is 14.8. The lowest BCUT2D eigenvalue weighted by Crippen LogP contribution is -2.57. The molecule has 0 aliphatic carbocycles. The number of aromatic nitrogens is 2. The van der Waals surface area contributed by atoms with Crippen molar-refractivity contribution in [3.05, 3.63) is 62.8 Å². The summed E-state index contributed by atoms with van der Waals surface area (Å²) in [6.45, 7) is 1.12. The number of hydrogen-bond donors (Lipinski definition) is 2. The van der Waals surface area contributed by atoms with Crippen molar-refractivity contribution in [1.29, 1.82) is 5.41 Å². The van der Waals surface area contributed by atoms with Crippen LogP contribution in [0.25, 0.3) is 11.2 Å². The molecule has 3 heterocycles. The van der Waals surface area contributed by atoms with Gasteiger partial charge in [-0.15, -0.1) is 0 Å². The average molecular weight is 491 g/mol. The first kappa shape index (κ1) is 18.7. The number of nitrogens with zero attached hydrogens (tertiary/aromatic N) is 4. The summed E-state index contributed by atoms with van der Waals surface area (Å²) in [5.74, 6) is 0.435. The summed E-state index contributed by atoms with van der Waals surface area (Å²) in [5.41, 5.74) is 8.62. The number of imidazole rings is 1. The molecule has 0 radical (unpaired) electrons. The highest BCUT2D eigenvalue weighted by molar-refractivity contribution is 14.1. The van der Waals surface area contributed by atoms with E-state index in [1.54, 1.807) is 26.8 Å². The lowest BCUT2D eigenvalue weighted by atomic mass is 10.1. The molecule has 0 saturated carbocycles. The molecular weight excluding hydrogens is 471 g/mol. The molecule has 1 aliphatic heterocycles. The number of anilines is 1. The summed E-state index contributed by atoms with van der Waals surface area (Å²) >= 11 is 2.22. The number of hydrogen-bond acceptors (Lipinski definition) is 3. The molecule has 0 amide bonds. The van der Waals surface area contributed by atoms with Crippen LogP contribution in [-0.2, 0) is 4.74 Å². The van der Waals surface area contributed by atoms with Gasteiger partial charge in [0.05, 0.1) is 37.2 Å². The minimum absolute atomic E-state index is 0.0865. The molecule has 0 spiro atoms. The number of nitrogens with two attached hydrogens (primary N) is 1. The predicted octanol–water partition coefficient (Wildman–Crippen LogP) is 1.46. The van der Waals surface area contributed by atoms with Crippen molar-refractivity contribution in [2.75, 3.05) is 25.2 Å². The van der Waals surface area contributed by atoms with Crippen LogP contribution >= 0.6 is 22.6 Å². The van der Waals surface area contributed by atoms with Crippen LogP contribution in [0.4, 0.5) is 5.69 Å². The number of rotatable bonds is 4. The number of fused-ring (bicyclic) bond motifs is 1. The summed E-state index contributed by atoms with van der Waals surface area (Å²) < 4.78 is 11.2. The quantitative estimate of drug-likeness (QED) is 0.250. The van der Waals surface area contributed by atoms with E-state index in [0.717, 1.165) is 20.5 Å². The number of benzene rings is 1. The standard InChI is InChI=1S/C19H19IN6O2/c1-23(12-21)18(22)26(15-10-28-11-15)14-5-2-4-13(8-14)25-9-17-16(20)6-3-7-24(17)19(25)27/h2-9,12,15,21-22H,10-11H2,1H3/p+1. The van der Waals surface area contributed by atoms with Crippen molar-refractivity contribution < 1.29 is 9.31 Å². The van der Waals surface area contributed by atoms with Crippen molar-refractivity contribution in [2.24, 2.45) is 5.73 Å². The van der Waals surface area contributed by atoms with Gasteiger partial charge in [-0.2, -0.15) is 5.41 Å². The highest BCUT2D eigenvalue weighted by Crippen LogP contribution is 2.24. The minimum atomic E-state index is -0.127. The number of nitrogens with one attached hydrogen (secondary N) is 1. The fraction of sp³-hybridized carbons (Fsp3) is 0.211. The molecular formula is C19H20IN6O2+. The van der Waals surface area contributed by atoms with Crippen LogP contribution < -0.4 is 16.3 Å². The van der Waals surface area contributed by atoms with Gasteiger partial charge in [-0.3, -0.25) is 8.97 Å². The predicted molar refractivity (Wildman–Crippen MR) is 117 cm³/mol. The van der Waals surface area contributed by atoms with Crippen molar-refractivity contribution >= 4 is 46.1 Å². The first-order chi connectivity index (χ1) is 13.5. The van der Waals surface area contributed by atoms with Crippen LogP contribution in [0.3, 0.4) is 0 Å². The van der Waals surface area contributed by atoms with Gasteiger partial charge in [0.15, 0.2) is 6.34 Å². The molecule has 1 aliphatic rings. The summed E-state index contributed by atoms with van der Waals surface area (Å²) in [5, 5.41) is 7.49. The van der Waals surface area contributed by atoms with Gasteiger partial charge < -0.3 is 10.5 Å². The maximum atomic E-state index is 12.9. The van der Waals surface area contributed by atoms with Gasteiger partial charge >= 0.3 is 11.6 Å². The van der Waals surface area contributed by atoms with Gasteiger partial charge in [0, 0.05) is 16.0 Å². The molecule has 1 saturated heterocycles. The van der Waals surface area contributed by atoms with Crippen LogP contribution in [-0.4, -0.2) is 52.1 Å². The zero-order valence-corrected chi connectivity index (χ0v) is 17.4. The molecule has 1 aromatic carbocycles. The van der Waals surface area contributed by atoms with Crippen LogP contribution in [0.1, 0.15) is 0 Å². The van der Waals surface area contributed by atoms with E-state index in [2.05, 4.69) is 22.6 Å². The molecule has 0 unspecified atom stereocenters. The molecule has 144 valence electrons. The van der Waals surface area contributed by atoms with Gasteiger partial charge in [-0.1, -0.05) is 6.07 Å². The maximum absolute atomic E-state index is 12.9. The van der Waals surface area contributed by atoms with E-state index in [0.29, 0.717) is 19.2 Å². The molecule has 0 atom stereocenters. The van der Waals surface area contributed by atoms with Crippen molar-refractivity contribution in [3.63, 3.8) is 0 Å². The Kier molecular flexibility index (Phi) is 4.94. The Bertz CT molecular complexity index is 1140. The first-order valence-corrected chi connectivity index (χ1v) is 9.80. The Morgan fingerprint density at radius 1 is 1.39 bits per heavy atom. The van der Waals surface area contributed by atoms with E-state index in [4.69, 9.17) is 15.9 Å². The SMILES string of the molecule is C[N+](C=N)=C(N)N(c1cccc(-n2cc3c(I)cccn3c2=O)c1)C1COC1. The van der Waals surface area contributed by atoms with Crippen LogP contribution in [0.5, 0.6) is 0 Å². The molecule has 0 bridgehead atoms. The van der Waals surface area contributed by atoms with Gasteiger partial charge in [0.2, 0.25) is 0 Å². The Morgan fingerprint density at radius 2 is 2.18 bits per heavy atom. The zero-order valence-electron chi connectivity index (χ0n) is 15.2.